The van der Waals surface area contributed by atoms with Crippen molar-refractivity contribution in [1.82, 2.24) is 10.6 Å². The number of aliphatic imine (C=N–C) groups is 1. The fraction of sp³-hybridized carbons (Fsp3) is 0.750. The summed E-state index contributed by atoms with van der Waals surface area (Å²) in [5.41, 5.74) is 10.5. The lowest BCUT2D eigenvalue weighted by Gasteiger charge is -2.20. The van der Waals surface area contributed by atoms with Gasteiger partial charge in [0.25, 0.3) is 0 Å². The number of amides is 2. The molecule has 0 saturated heterocycles. The summed E-state index contributed by atoms with van der Waals surface area (Å²) in [5.74, 6) is -2.48. The van der Waals surface area contributed by atoms with E-state index in [1.165, 1.54) is 0 Å². The highest BCUT2D eigenvalue weighted by atomic mass is 16.4. The van der Waals surface area contributed by atoms with Gasteiger partial charge in [0.15, 0.2) is 5.96 Å². The van der Waals surface area contributed by atoms with Crippen molar-refractivity contribution in [3.05, 3.63) is 0 Å². The van der Waals surface area contributed by atoms with E-state index in [2.05, 4.69) is 15.6 Å². The number of carbonyl (C=O) groups excluding carboxylic acids is 2. The number of unbranched alkanes of at least 4 members (excludes halogenated alkanes) is 1. The minimum absolute atomic E-state index is 0.0449. The molecule has 0 bridgehead atoms. The monoisotopic (exact) mass is 355 g/mol. The fourth-order valence-electron chi connectivity index (χ4n) is 2.52. The zero-order valence-corrected chi connectivity index (χ0v) is 14.8. The molecule has 3 atom stereocenters. The second kappa shape index (κ2) is 9.85. The first-order valence-corrected chi connectivity index (χ1v) is 8.58. The van der Waals surface area contributed by atoms with Crippen LogP contribution in [0.4, 0.5) is 0 Å². The minimum atomic E-state index is -0.967. The van der Waals surface area contributed by atoms with Crippen molar-refractivity contribution in [1.29, 1.82) is 0 Å². The molecule has 0 spiro atoms. The molecule has 1 unspecified atom stereocenters. The SMILES string of the molecule is CC(C)CC(NC(=O)[C@H]1C[C@@H]1C(=O)O)C(=O)NCCCCN=C(N)N. The summed E-state index contributed by atoms with van der Waals surface area (Å²) < 4.78 is 0. The Kier molecular flexibility index (Phi) is 8.17. The fourth-order valence-corrected chi connectivity index (χ4v) is 2.52. The van der Waals surface area contributed by atoms with Gasteiger partial charge in [0.05, 0.1) is 11.8 Å². The Morgan fingerprint density at radius 3 is 2.40 bits per heavy atom. The first-order chi connectivity index (χ1) is 11.7. The average molecular weight is 355 g/mol. The highest BCUT2D eigenvalue weighted by Gasteiger charge is 2.48. The Labute approximate surface area is 147 Å². The molecule has 0 aromatic carbocycles. The van der Waals surface area contributed by atoms with E-state index in [0.717, 1.165) is 6.42 Å². The van der Waals surface area contributed by atoms with Gasteiger partial charge in [-0.05, 0) is 31.6 Å². The molecular formula is C16H29N5O4. The van der Waals surface area contributed by atoms with Gasteiger partial charge in [0.2, 0.25) is 11.8 Å². The second-order valence-corrected chi connectivity index (χ2v) is 6.78. The summed E-state index contributed by atoms with van der Waals surface area (Å²) in [6, 6.07) is -0.653. The minimum Gasteiger partial charge on any atom is -0.481 e. The molecule has 142 valence electrons. The van der Waals surface area contributed by atoms with E-state index in [1.54, 1.807) is 0 Å². The summed E-state index contributed by atoms with van der Waals surface area (Å²) in [6.45, 7) is 4.88. The van der Waals surface area contributed by atoms with Crippen molar-refractivity contribution >= 4 is 23.7 Å². The van der Waals surface area contributed by atoms with Gasteiger partial charge in [-0.2, -0.15) is 0 Å². The molecule has 0 heterocycles. The maximum atomic E-state index is 12.3. The highest BCUT2D eigenvalue weighted by Crippen LogP contribution is 2.38. The summed E-state index contributed by atoms with van der Waals surface area (Å²) >= 11 is 0. The predicted octanol–water partition coefficient (Wildman–Crippen LogP) is -0.592. The number of nitrogens with zero attached hydrogens (tertiary/aromatic N) is 1. The quantitative estimate of drug-likeness (QED) is 0.189. The van der Waals surface area contributed by atoms with Crippen LogP contribution < -0.4 is 22.1 Å². The van der Waals surface area contributed by atoms with Crippen molar-refractivity contribution in [3.63, 3.8) is 0 Å². The molecule has 1 saturated carbocycles. The van der Waals surface area contributed by atoms with Crippen molar-refractivity contribution in [2.24, 2.45) is 34.2 Å². The van der Waals surface area contributed by atoms with E-state index >= 15 is 0 Å². The van der Waals surface area contributed by atoms with Crippen LogP contribution in [0.2, 0.25) is 0 Å². The second-order valence-electron chi connectivity index (χ2n) is 6.78. The van der Waals surface area contributed by atoms with E-state index in [9.17, 15) is 14.4 Å². The lowest BCUT2D eigenvalue weighted by molar-refractivity contribution is -0.140. The first kappa shape index (κ1) is 20.7. The topological polar surface area (TPSA) is 160 Å². The number of rotatable bonds is 11. The molecule has 1 aliphatic rings. The first-order valence-electron chi connectivity index (χ1n) is 8.58. The Balaban J connectivity index is 2.40. The van der Waals surface area contributed by atoms with Crippen LogP contribution in [0.3, 0.4) is 0 Å². The smallest absolute Gasteiger partial charge is 0.307 e. The number of nitrogens with two attached hydrogens (primary N) is 2. The van der Waals surface area contributed by atoms with E-state index in [1.807, 2.05) is 13.8 Å². The maximum absolute atomic E-state index is 12.3. The van der Waals surface area contributed by atoms with Crippen LogP contribution in [0.25, 0.3) is 0 Å². The summed E-state index contributed by atoms with van der Waals surface area (Å²) in [5, 5.41) is 14.4. The number of guanidine groups is 1. The molecule has 9 heteroatoms. The molecule has 0 aromatic heterocycles. The average Bonchev–Trinajstić information content (AvgIpc) is 3.29. The number of nitrogens with one attached hydrogen (secondary N) is 2. The van der Waals surface area contributed by atoms with Gasteiger partial charge in [0, 0.05) is 13.1 Å². The highest BCUT2D eigenvalue weighted by molar-refractivity contribution is 5.93. The third-order valence-corrected chi connectivity index (χ3v) is 3.96. The van der Waals surface area contributed by atoms with Crippen molar-refractivity contribution < 1.29 is 19.5 Å². The van der Waals surface area contributed by atoms with Crippen molar-refractivity contribution in [2.45, 2.75) is 45.6 Å². The van der Waals surface area contributed by atoms with Crippen LogP contribution in [0.5, 0.6) is 0 Å². The van der Waals surface area contributed by atoms with Gasteiger partial charge >= 0.3 is 5.97 Å². The van der Waals surface area contributed by atoms with Crippen molar-refractivity contribution in [2.75, 3.05) is 13.1 Å². The third kappa shape index (κ3) is 7.86. The molecule has 7 N–H and O–H groups in total. The van der Waals surface area contributed by atoms with Crippen LogP contribution in [-0.4, -0.2) is 48.0 Å². The normalized spacial score (nSPS) is 19.8. The van der Waals surface area contributed by atoms with Crippen molar-refractivity contribution in [3.8, 4) is 0 Å². The number of carboxylic acid groups (broad SMARTS) is 1. The lowest BCUT2D eigenvalue weighted by atomic mass is 10.0. The van der Waals surface area contributed by atoms with Crippen LogP contribution in [0, 0.1) is 17.8 Å². The molecule has 0 aromatic rings. The Bertz CT molecular complexity index is 517. The number of hydrogen-bond acceptors (Lipinski definition) is 4. The lowest BCUT2D eigenvalue weighted by Crippen LogP contribution is -2.48. The van der Waals surface area contributed by atoms with Gasteiger partial charge in [-0.3, -0.25) is 19.4 Å². The van der Waals surface area contributed by atoms with Crippen LogP contribution >= 0.6 is 0 Å². The number of carboxylic acids is 1. The van der Waals surface area contributed by atoms with Crippen LogP contribution in [0.15, 0.2) is 4.99 Å². The van der Waals surface area contributed by atoms with Gasteiger partial charge in [-0.1, -0.05) is 13.8 Å². The summed E-state index contributed by atoms with van der Waals surface area (Å²) in [6.07, 6.45) is 2.29. The maximum Gasteiger partial charge on any atom is 0.307 e. The predicted molar refractivity (Wildman–Crippen MR) is 93.5 cm³/mol. The molecule has 25 heavy (non-hydrogen) atoms. The summed E-state index contributed by atoms with van der Waals surface area (Å²) in [4.78, 5) is 39.1. The molecule has 1 aliphatic carbocycles. The number of hydrogen-bond donors (Lipinski definition) is 5. The summed E-state index contributed by atoms with van der Waals surface area (Å²) in [7, 11) is 0. The molecule has 1 rings (SSSR count). The van der Waals surface area contributed by atoms with E-state index < -0.39 is 23.8 Å². The number of carbonyl (C=O) groups is 3. The van der Waals surface area contributed by atoms with E-state index in [0.29, 0.717) is 32.4 Å². The zero-order chi connectivity index (χ0) is 19.0. The largest absolute Gasteiger partial charge is 0.481 e. The van der Waals surface area contributed by atoms with E-state index in [-0.39, 0.29) is 23.7 Å². The molecule has 1 fully saturated rings. The van der Waals surface area contributed by atoms with Gasteiger partial charge in [-0.25, -0.2) is 0 Å². The Hall–Kier alpha value is -2.32. The van der Waals surface area contributed by atoms with Gasteiger partial charge in [-0.15, -0.1) is 0 Å². The van der Waals surface area contributed by atoms with Crippen LogP contribution in [-0.2, 0) is 14.4 Å². The number of aliphatic carboxylic acids is 1. The molecule has 9 nitrogen and oxygen atoms in total. The Morgan fingerprint density at radius 1 is 1.20 bits per heavy atom. The third-order valence-electron chi connectivity index (χ3n) is 3.96. The zero-order valence-electron chi connectivity index (χ0n) is 14.8. The molecule has 2 amide bonds. The van der Waals surface area contributed by atoms with Crippen LogP contribution in [0.1, 0.15) is 39.5 Å². The van der Waals surface area contributed by atoms with Gasteiger partial charge < -0.3 is 27.2 Å². The molecular weight excluding hydrogens is 326 g/mol. The van der Waals surface area contributed by atoms with Gasteiger partial charge in [0.1, 0.15) is 6.04 Å². The van der Waals surface area contributed by atoms with E-state index in [4.69, 9.17) is 16.6 Å². The molecule has 0 radical (unpaired) electrons. The molecule has 0 aliphatic heterocycles. The standard InChI is InChI=1S/C16H29N5O4/c1-9(2)7-12(21-13(22)10-8-11(10)15(24)25)14(23)19-5-3-4-6-20-16(17)18/h9-12H,3-8H2,1-2H3,(H,19,23)(H,21,22)(H,24,25)(H4,17,18,20)/t10-,11-,12?/m0/s1. The Morgan fingerprint density at radius 2 is 1.88 bits per heavy atom.